The Hall–Kier alpha value is -1.68. The minimum absolute atomic E-state index is 0.262. The van der Waals surface area contributed by atoms with E-state index in [1.54, 1.807) is 0 Å². The van der Waals surface area contributed by atoms with Gasteiger partial charge in [0.15, 0.2) is 0 Å². The van der Waals surface area contributed by atoms with Crippen LogP contribution in [0.2, 0.25) is 0 Å². The number of benzene rings is 1. The Balaban J connectivity index is 1.93. The number of para-hydroxylation sites is 1. The van der Waals surface area contributed by atoms with Crippen LogP contribution < -0.4 is 5.73 Å². The lowest BCUT2D eigenvalue weighted by atomic mass is 9.65. The van der Waals surface area contributed by atoms with E-state index < -0.39 is 0 Å². The molecule has 0 aliphatic heterocycles. The summed E-state index contributed by atoms with van der Waals surface area (Å²) in [5, 5.41) is 5.70. The summed E-state index contributed by atoms with van der Waals surface area (Å²) >= 11 is 0. The van der Waals surface area contributed by atoms with Crippen molar-refractivity contribution in [2.45, 2.75) is 39.2 Å². The second-order valence-corrected chi connectivity index (χ2v) is 5.72. The maximum Gasteiger partial charge on any atom is 0.146 e. The smallest absolute Gasteiger partial charge is 0.146 e. The van der Waals surface area contributed by atoms with Crippen LogP contribution in [0.5, 0.6) is 0 Å². The van der Waals surface area contributed by atoms with Crippen LogP contribution in [0.1, 0.15) is 31.9 Å². The molecule has 4 heteroatoms. The first kappa shape index (κ1) is 13.3. The first-order valence-corrected chi connectivity index (χ1v) is 7.38. The maximum atomic E-state index is 12.6. The molecule has 1 aliphatic rings. The van der Waals surface area contributed by atoms with Gasteiger partial charge in [-0.3, -0.25) is 9.48 Å². The molecule has 1 fully saturated rings. The zero-order chi connectivity index (χ0) is 14.2. The van der Waals surface area contributed by atoms with Gasteiger partial charge in [0, 0.05) is 23.9 Å². The van der Waals surface area contributed by atoms with Crippen molar-refractivity contribution in [1.82, 2.24) is 9.78 Å². The van der Waals surface area contributed by atoms with Gasteiger partial charge in [-0.15, -0.1) is 0 Å². The lowest BCUT2D eigenvalue weighted by Gasteiger charge is -2.39. The van der Waals surface area contributed by atoms with Crippen molar-refractivity contribution in [3.8, 4) is 0 Å². The van der Waals surface area contributed by atoms with Crippen LogP contribution in [0, 0.1) is 5.41 Å². The van der Waals surface area contributed by atoms with Crippen molar-refractivity contribution in [3.63, 3.8) is 0 Å². The molecule has 106 valence electrons. The molecule has 0 spiro atoms. The maximum absolute atomic E-state index is 12.6. The zero-order valence-corrected chi connectivity index (χ0v) is 11.9. The summed E-state index contributed by atoms with van der Waals surface area (Å²) in [6, 6.07) is 8.12. The normalized spacial score (nSPS) is 17.1. The first-order valence-electron chi connectivity index (χ1n) is 7.38. The predicted octanol–water partition coefficient (Wildman–Crippen LogP) is 2.30. The SMILES string of the molecule is CCn1nc(CC(=O)C2(CN)CCC2)c2ccccc21. The van der Waals surface area contributed by atoms with Gasteiger partial charge in [0.05, 0.1) is 17.6 Å². The number of carbonyl (C=O) groups excluding carboxylic acids is 1. The molecule has 0 bridgehead atoms. The number of ketones is 1. The molecule has 0 atom stereocenters. The van der Waals surface area contributed by atoms with Gasteiger partial charge in [-0.05, 0) is 25.8 Å². The molecule has 3 rings (SSSR count). The van der Waals surface area contributed by atoms with Crippen LogP contribution in [-0.2, 0) is 17.8 Å². The molecular formula is C16H21N3O. The highest BCUT2D eigenvalue weighted by Gasteiger charge is 2.42. The van der Waals surface area contributed by atoms with Gasteiger partial charge in [0.1, 0.15) is 5.78 Å². The van der Waals surface area contributed by atoms with Crippen LogP contribution in [0.25, 0.3) is 10.9 Å². The van der Waals surface area contributed by atoms with Gasteiger partial charge in [-0.1, -0.05) is 24.6 Å². The average Bonchev–Trinajstić information content (AvgIpc) is 2.77. The number of hydrogen-bond donors (Lipinski definition) is 1. The molecule has 2 aromatic rings. The summed E-state index contributed by atoms with van der Waals surface area (Å²) in [5.41, 5.74) is 7.55. The molecule has 0 amide bonds. The molecular weight excluding hydrogens is 250 g/mol. The molecule has 0 unspecified atom stereocenters. The number of carbonyl (C=O) groups is 1. The Labute approximate surface area is 119 Å². The Morgan fingerprint density at radius 2 is 2.15 bits per heavy atom. The third kappa shape index (κ3) is 1.95. The highest BCUT2D eigenvalue weighted by Crippen LogP contribution is 2.41. The summed E-state index contributed by atoms with van der Waals surface area (Å²) in [5.74, 6) is 0.262. The summed E-state index contributed by atoms with van der Waals surface area (Å²) in [6.45, 7) is 3.35. The number of fused-ring (bicyclic) bond motifs is 1. The van der Waals surface area contributed by atoms with Gasteiger partial charge in [0.2, 0.25) is 0 Å². The third-order valence-corrected chi connectivity index (χ3v) is 4.65. The standard InChI is InChI=1S/C16H21N3O/c1-2-19-14-7-4-3-6-12(14)13(18-19)10-15(20)16(11-17)8-5-9-16/h3-4,6-7H,2,5,8-11,17H2,1H3. The van der Waals surface area contributed by atoms with Crippen LogP contribution in [-0.4, -0.2) is 22.1 Å². The van der Waals surface area contributed by atoms with E-state index in [0.717, 1.165) is 42.4 Å². The molecule has 1 saturated carbocycles. The highest BCUT2D eigenvalue weighted by molar-refractivity contribution is 5.92. The van der Waals surface area contributed by atoms with E-state index in [1.807, 2.05) is 22.9 Å². The minimum atomic E-state index is -0.267. The van der Waals surface area contributed by atoms with Crippen LogP contribution in [0.15, 0.2) is 24.3 Å². The lowest BCUT2D eigenvalue weighted by Crippen LogP contribution is -2.45. The zero-order valence-electron chi connectivity index (χ0n) is 11.9. The molecule has 2 N–H and O–H groups in total. The van der Waals surface area contributed by atoms with Crippen molar-refractivity contribution < 1.29 is 4.79 Å². The Morgan fingerprint density at radius 3 is 2.75 bits per heavy atom. The summed E-state index contributed by atoms with van der Waals surface area (Å²) < 4.78 is 1.97. The van der Waals surface area contributed by atoms with E-state index in [-0.39, 0.29) is 11.2 Å². The molecule has 0 radical (unpaired) electrons. The molecule has 20 heavy (non-hydrogen) atoms. The van der Waals surface area contributed by atoms with Crippen molar-refractivity contribution >= 4 is 16.7 Å². The fourth-order valence-corrected chi connectivity index (χ4v) is 3.11. The quantitative estimate of drug-likeness (QED) is 0.907. The number of aromatic nitrogens is 2. The van der Waals surface area contributed by atoms with Gasteiger partial charge >= 0.3 is 0 Å². The molecule has 1 aromatic heterocycles. The van der Waals surface area contributed by atoms with Gasteiger partial charge in [0.25, 0.3) is 0 Å². The number of aryl methyl sites for hydroxylation is 1. The predicted molar refractivity (Wildman–Crippen MR) is 79.5 cm³/mol. The molecule has 1 heterocycles. The van der Waals surface area contributed by atoms with Gasteiger partial charge in [-0.2, -0.15) is 5.10 Å². The van der Waals surface area contributed by atoms with E-state index in [2.05, 4.69) is 18.1 Å². The molecule has 4 nitrogen and oxygen atoms in total. The Bertz CT molecular complexity index is 635. The number of rotatable bonds is 5. The van der Waals surface area contributed by atoms with Crippen LogP contribution >= 0.6 is 0 Å². The Kier molecular flexibility index (Phi) is 3.34. The second-order valence-electron chi connectivity index (χ2n) is 5.72. The van der Waals surface area contributed by atoms with E-state index in [0.29, 0.717) is 13.0 Å². The topological polar surface area (TPSA) is 60.9 Å². The molecule has 1 aromatic carbocycles. The Morgan fingerprint density at radius 1 is 1.40 bits per heavy atom. The van der Waals surface area contributed by atoms with Crippen molar-refractivity contribution in [1.29, 1.82) is 0 Å². The second kappa shape index (κ2) is 5.02. The largest absolute Gasteiger partial charge is 0.329 e. The van der Waals surface area contributed by atoms with Crippen molar-refractivity contribution in [3.05, 3.63) is 30.0 Å². The third-order valence-electron chi connectivity index (χ3n) is 4.65. The number of nitrogens with zero attached hydrogens (tertiary/aromatic N) is 2. The van der Waals surface area contributed by atoms with Gasteiger partial charge in [-0.25, -0.2) is 0 Å². The lowest BCUT2D eigenvalue weighted by molar-refractivity contribution is -0.132. The number of Topliss-reactive ketones (excluding diaryl/α,β-unsaturated/α-hetero) is 1. The monoisotopic (exact) mass is 271 g/mol. The van der Waals surface area contributed by atoms with E-state index in [1.165, 1.54) is 0 Å². The van der Waals surface area contributed by atoms with E-state index in [9.17, 15) is 4.79 Å². The summed E-state index contributed by atoms with van der Waals surface area (Å²) in [4.78, 5) is 12.6. The first-order chi connectivity index (χ1) is 9.70. The average molecular weight is 271 g/mol. The summed E-state index contributed by atoms with van der Waals surface area (Å²) in [6.07, 6.45) is 3.40. The molecule has 1 aliphatic carbocycles. The van der Waals surface area contributed by atoms with Crippen LogP contribution in [0.3, 0.4) is 0 Å². The van der Waals surface area contributed by atoms with E-state index in [4.69, 9.17) is 5.73 Å². The van der Waals surface area contributed by atoms with Crippen LogP contribution in [0.4, 0.5) is 0 Å². The fourth-order valence-electron chi connectivity index (χ4n) is 3.11. The minimum Gasteiger partial charge on any atom is -0.329 e. The fraction of sp³-hybridized carbons (Fsp3) is 0.500. The van der Waals surface area contributed by atoms with Gasteiger partial charge < -0.3 is 5.73 Å². The highest BCUT2D eigenvalue weighted by atomic mass is 16.1. The molecule has 0 saturated heterocycles. The van der Waals surface area contributed by atoms with E-state index >= 15 is 0 Å². The summed E-state index contributed by atoms with van der Waals surface area (Å²) in [7, 11) is 0. The number of nitrogens with two attached hydrogens (primary N) is 1. The van der Waals surface area contributed by atoms with Crippen molar-refractivity contribution in [2.24, 2.45) is 11.1 Å². The van der Waals surface area contributed by atoms with Crippen molar-refractivity contribution in [2.75, 3.05) is 6.54 Å². The number of hydrogen-bond acceptors (Lipinski definition) is 3.